The molecule has 3 N–H and O–H groups in total. The standard InChI is InChI=1S/C17H27N3O.2ClH/c1-17(2,18)16(21)19-15-9-7-14(8-10-15)13-20-11-5-3-4-6-12-20;;/h7-10H,3-6,11-13,18H2,1-2H3,(H,19,21);2*1H. The van der Waals surface area contributed by atoms with Gasteiger partial charge in [-0.15, -0.1) is 24.8 Å². The monoisotopic (exact) mass is 361 g/mol. The Bertz CT molecular complexity index is 464. The van der Waals surface area contributed by atoms with Gasteiger partial charge in [0.15, 0.2) is 0 Å². The van der Waals surface area contributed by atoms with Crippen LogP contribution in [0, 0.1) is 0 Å². The van der Waals surface area contributed by atoms with E-state index in [9.17, 15) is 4.79 Å². The third kappa shape index (κ3) is 7.53. The van der Waals surface area contributed by atoms with Gasteiger partial charge in [0.05, 0.1) is 5.54 Å². The molecule has 1 heterocycles. The zero-order valence-corrected chi connectivity index (χ0v) is 15.6. The van der Waals surface area contributed by atoms with Crippen LogP contribution >= 0.6 is 24.8 Å². The number of likely N-dealkylation sites (tertiary alicyclic amines) is 1. The lowest BCUT2D eigenvalue weighted by Gasteiger charge is -2.20. The Morgan fingerprint density at radius 2 is 1.61 bits per heavy atom. The summed E-state index contributed by atoms with van der Waals surface area (Å²) in [5, 5.41) is 2.85. The maximum atomic E-state index is 11.8. The zero-order chi connectivity index (χ0) is 15.3. The van der Waals surface area contributed by atoms with E-state index >= 15 is 0 Å². The summed E-state index contributed by atoms with van der Waals surface area (Å²) in [6.45, 7) is 6.79. The summed E-state index contributed by atoms with van der Waals surface area (Å²) >= 11 is 0. The second-order valence-corrected chi connectivity index (χ2v) is 6.56. The van der Waals surface area contributed by atoms with Crippen LogP contribution in [0.15, 0.2) is 24.3 Å². The number of nitrogens with one attached hydrogen (secondary N) is 1. The molecule has 132 valence electrons. The van der Waals surface area contributed by atoms with E-state index in [1.807, 2.05) is 12.1 Å². The lowest BCUT2D eigenvalue weighted by atomic mass is 10.1. The highest BCUT2D eigenvalue weighted by atomic mass is 35.5. The average Bonchev–Trinajstić information content (AvgIpc) is 2.68. The minimum Gasteiger partial charge on any atom is -0.325 e. The highest BCUT2D eigenvalue weighted by Gasteiger charge is 2.21. The molecule has 2 rings (SSSR count). The summed E-state index contributed by atoms with van der Waals surface area (Å²) in [4.78, 5) is 14.3. The van der Waals surface area contributed by atoms with Crippen molar-refractivity contribution in [2.75, 3.05) is 18.4 Å². The van der Waals surface area contributed by atoms with E-state index in [0.29, 0.717) is 0 Å². The molecular formula is C17H29Cl2N3O. The van der Waals surface area contributed by atoms with Crippen molar-refractivity contribution >= 4 is 36.4 Å². The molecule has 1 fully saturated rings. The van der Waals surface area contributed by atoms with E-state index < -0.39 is 5.54 Å². The molecule has 1 aromatic rings. The summed E-state index contributed by atoms with van der Waals surface area (Å²) in [5.74, 6) is -0.164. The van der Waals surface area contributed by atoms with E-state index in [1.165, 1.54) is 44.3 Å². The zero-order valence-electron chi connectivity index (χ0n) is 14.0. The Kier molecular flexibility index (Phi) is 9.78. The van der Waals surface area contributed by atoms with Crippen LogP contribution in [0.5, 0.6) is 0 Å². The normalized spacial score (nSPS) is 15.8. The van der Waals surface area contributed by atoms with Crippen LogP contribution in [0.2, 0.25) is 0 Å². The molecule has 0 saturated carbocycles. The van der Waals surface area contributed by atoms with Crippen molar-refractivity contribution in [2.24, 2.45) is 5.73 Å². The van der Waals surface area contributed by atoms with Gasteiger partial charge in [-0.3, -0.25) is 9.69 Å². The number of anilines is 1. The van der Waals surface area contributed by atoms with Crippen molar-refractivity contribution in [1.29, 1.82) is 0 Å². The van der Waals surface area contributed by atoms with Gasteiger partial charge in [0.2, 0.25) is 5.91 Å². The van der Waals surface area contributed by atoms with E-state index in [4.69, 9.17) is 5.73 Å². The third-order valence-electron chi connectivity index (χ3n) is 3.90. The first-order valence-electron chi connectivity index (χ1n) is 7.87. The second-order valence-electron chi connectivity index (χ2n) is 6.56. The summed E-state index contributed by atoms with van der Waals surface area (Å²) < 4.78 is 0. The number of carbonyl (C=O) groups is 1. The number of nitrogens with two attached hydrogens (primary N) is 1. The van der Waals surface area contributed by atoms with Gasteiger partial charge in [-0.2, -0.15) is 0 Å². The Morgan fingerprint density at radius 3 is 2.09 bits per heavy atom. The van der Waals surface area contributed by atoms with Crippen molar-refractivity contribution in [1.82, 2.24) is 4.90 Å². The molecule has 0 atom stereocenters. The Labute approximate surface area is 152 Å². The van der Waals surface area contributed by atoms with Gasteiger partial charge < -0.3 is 11.1 Å². The van der Waals surface area contributed by atoms with Gasteiger partial charge in [-0.1, -0.05) is 25.0 Å². The molecular weight excluding hydrogens is 333 g/mol. The molecule has 0 spiro atoms. The fourth-order valence-electron chi connectivity index (χ4n) is 2.54. The van der Waals surface area contributed by atoms with Crippen molar-refractivity contribution in [3.05, 3.63) is 29.8 Å². The number of hydrogen-bond acceptors (Lipinski definition) is 3. The lowest BCUT2D eigenvalue weighted by Crippen LogP contribution is -2.45. The van der Waals surface area contributed by atoms with Gasteiger partial charge in [-0.25, -0.2) is 0 Å². The van der Waals surface area contributed by atoms with Crippen LogP contribution in [0.4, 0.5) is 5.69 Å². The summed E-state index contributed by atoms with van der Waals surface area (Å²) in [6, 6.07) is 8.08. The Balaban J connectivity index is 0.00000242. The Hall–Kier alpha value is -0.810. The number of benzene rings is 1. The summed E-state index contributed by atoms with van der Waals surface area (Å²) in [7, 11) is 0. The smallest absolute Gasteiger partial charge is 0.243 e. The highest BCUT2D eigenvalue weighted by molar-refractivity contribution is 5.97. The van der Waals surface area contributed by atoms with Gasteiger partial charge in [0.1, 0.15) is 0 Å². The van der Waals surface area contributed by atoms with E-state index in [-0.39, 0.29) is 30.7 Å². The molecule has 1 aliphatic rings. The number of halogens is 2. The fraction of sp³-hybridized carbons (Fsp3) is 0.588. The predicted octanol–water partition coefficient (Wildman–Crippen LogP) is 3.58. The van der Waals surface area contributed by atoms with Crippen molar-refractivity contribution in [3.8, 4) is 0 Å². The minimum atomic E-state index is -0.856. The van der Waals surface area contributed by atoms with E-state index in [2.05, 4.69) is 22.3 Å². The van der Waals surface area contributed by atoms with Crippen LogP contribution in [0.25, 0.3) is 0 Å². The van der Waals surface area contributed by atoms with Gasteiger partial charge in [0, 0.05) is 12.2 Å². The van der Waals surface area contributed by atoms with Crippen LogP contribution in [0.3, 0.4) is 0 Å². The number of nitrogens with zero attached hydrogens (tertiary/aromatic N) is 1. The highest BCUT2D eigenvalue weighted by Crippen LogP contribution is 2.16. The quantitative estimate of drug-likeness (QED) is 0.861. The molecule has 23 heavy (non-hydrogen) atoms. The summed E-state index contributed by atoms with van der Waals surface area (Å²) in [5.41, 5.74) is 7.02. The second kappa shape index (κ2) is 10.1. The number of hydrogen-bond donors (Lipinski definition) is 2. The fourth-order valence-corrected chi connectivity index (χ4v) is 2.54. The van der Waals surface area contributed by atoms with Crippen LogP contribution < -0.4 is 11.1 Å². The summed E-state index contributed by atoms with van der Waals surface area (Å²) in [6.07, 6.45) is 5.33. The molecule has 0 radical (unpaired) electrons. The molecule has 1 aromatic carbocycles. The molecule has 6 heteroatoms. The third-order valence-corrected chi connectivity index (χ3v) is 3.90. The first-order chi connectivity index (χ1) is 9.95. The van der Waals surface area contributed by atoms with Crippen LogP contribution in [0.1, 0.15) is 45.1 Å². The molecule has 1 aliphatic heterocycles. The van der Waals surface area contributed by atoms with Crippen molar-refractivity contribution in [2.45, 2.75) is 51.6 Å². The largest absolute Gasteiger partial charge is 0.325 e. The first-order valence-corrected chi connectivity index (χ1v) is 7.87. The lowest BCUT2D eigenvalue weighted by molar-refractivity contribution is -0.120. The maximum Gasteiger partial charge on any atom is 0.243 e. The average molecular weight is 362 g/mol. The SMILES string of the molecule is CC(C)(N)C(=O)Nc1ccc(CN2CCCCCC2)cc1.Cl.Cl. The first kappa shape index (κ1) is 22.2. The predicted molar refractivity (Wildman–Crippen MR) is 102 cm³/mol. The minimum absolute atomic E-state index is 0. The van der Waals surface area contributed by atoms with E-state index in [0.717, 1.165) is 12.2 Å². The van der Waals surface area contributed by atoms with Gasteiger partial charge >= 0.3 is 0 Å². The van der Waals surface area contributed by atoms with E-state index in [1.54, 1.807) is 13.8 Å². The van der Waals surface area contributed by atoms with Crippen molar-refractivity contribution in [3.63, 3.8) is 0 Å². The molecule has 4 nitrogen and oxygen atoms in total. The Morgan fingerprint density at radius 1 is 1.09 bits per heavy atom. The van der Waals surface area contributed by atoms with Gasteiger partial charge in [0.25, 0.3) is 0 Å². The number of carbonyl (C=O) groups excluding carboxylic acids is 1. The van der Waals surface area contributed by atoms with Crippen molar-refractivity contribution < 1.29 is 4.79 Å². The molecule has 0 bridgehead atoms. The topological polar surface area (TPSA) is 58.4 Å². The maximum absolute atomic E-state index is 11.8. The molecule has 0 unspecified atom stereocenters. The van der Waals surface area contributed by atoms with Gasteiger partial charge in [-0.05, 0) is 57.5 Å². The number of rotatable bonds is 4. The van der Waals surface area contributed by atoms with Crippen LogP contribution in [-0.4, -0.2) is 29.4 Å². The molecule has 0 aliphatic carbocycles. The number of amides is 1. The molecule has 1 saturated heterocycles. The molecule has 1 amide bonds. The van der Waals surface area contributed by atoms with Crippen LogP contribution in [-0.2, 0) is 11.3 Å². The molecule has 0 aromatic heterocycles.